The van der Waals surface area contributed by atoms with Gasteiger partial charge >= 0.3 is 0 Å². The van der Waals surface area contributed by atoms with Gasteiger partial charge in [-0.15, -0.1) is 0 Å². The van der Waals surface area contributed by atoms with E-state index in [1.54, 1.807) is 6.92 Å². The number of carbonyl (C=O) groups excluding carboxylic acids is 1. The SMILES string of the molecule is C/C(=N\O)C1CC(=O)N(Cc2ccccc2)C1. The zero-order valence-corrected chi connectivity index (χ0v) is 9.84. The van der Waals surface area contributed by atoms with Gasteiger partial charge in [0.2, 0.25) is 5.91 Å². The van der Waals surface area contributed by atoms with Gasteiger partial charge in [0.15, 0.2) is 0 Å². The Balaban J connectivity index is 2.02. The molecule has 17 heavy (non-hydrogen) atoms. The van der Waals surface area contributed by atoms with E-state index in [2.05, 4.69) is 5.16 Å². The molecule has 4 heteroatoms. The molecule has 0 aliphatic carbocycles. The molecule has 1 aliphatic rings. The second-order valence-electron chi connectivity index (χ2n) is 4.40. The van der Waals surface area contributed by atoms with Crippen molar-refractivity contribution in [2.75, 3.05) is 6.54 Å². The first-order valence-corrected chi connectivity index (χ1v) is 5.71. The van der Waals surface area contributed by atoms with Gasteiger partial charge in [0.05, 0.1) is 5.71 Å². The number of likely N-dealkylation sites (tertiary alicyclic amines) is 1. The summed E-state index contributed by atoms with van der Waals surface area (Å²) in [7, 11) is 0. The lowest BCUT2D eigenvalue weighted by Gasteiger charge is -2.16. The Morgan fingerprint density at radius 1 is 1.47 bits per heavy atom. The Kier molecular flexibility index (Phi) is 3.42. The molecule has 1 N–H and O–H groups in total. The van der Waals surface area contributed by atoms with E-state index in [1.165, 1.54) is 0 Å². The molecule has 1 aliphatic heterocycles. The number of oxime groups is 1. The molecule has 1 saturated heterocycles. The third-order valence-corrected chi connectivity index (χ3v) is 3.18. The van der Waals surface area contributed by atoms with E-state index in [0.29, 0.717) is 25.2 Å². The number of hydrogen-bond donors (Lipinski definition) is 1. The second-order valence-corrected chi connectivity index (χ2v) is 4.40. The maximum Gasteiger partial charge on any atom is 0.223 e. The third kappa shape index (κ3) is 2.64. The largest absolute Gasteiger partial charge is 0.411 e. The average Bonchev–Trinajstić information content (AvgIpc) is 2.71. The Morgan fingerprint density at radius 3 is 2.82 bits per heavy atom. The van der Waals surface area contributed by atoms with Crippen molar-refractivity contribution in [3.8, 4) is 0 Å². The molecule has 0 bridgehead atoms. The highest BCUT2D eigenvalue weighted by atomic mass is 16.4. The van der Waals surface area contributed by atoms with Gasteiger partial charge in [0, 0.05) is 25.4 Å². The van der Waals surface area contributed by atoms with Crippen molar-refractivity contribution in [3.63, 3.8) is 0 Å². The van der Waals surface area contributed by atoms with Crippen LogP contribution in [0.25, 0.3) is 0 Å². The molecular formula is C13H16N2O2. The van der Waals surface area contributed by atoms with Crippen LogP contribution in [0.3, 0.4) is 0 Å². The molecule has 1 fully saturated rings. The van der Waals surface area contributed by atoms with Gasteiger partial charge < -0.3 is 10.1 Å². The van der Waals surface area contributed by atoms with E-state index >= 15 is 0 Å². The summed E-state index contributed by atoms with van der Waals surface area (Å²) in [6, 6.07) is 9.91. The van der Waals surface area contributed by atoms with Crippen molar-refractivity contribution in [3.05, 3.63) is 35.9 Å². The molecule has 2 rings (SSSR count). The van der Waals surface area contributed by atoms with E-state index in [4.69, 9.17) is 5.21 Å². The smallest absolute Gasteiger partial charge is 0.223 e. The quantitative estimate of drug-likeness (QED) is 0.491. The summed E-state index contributed by atoms with van der Waals surface area (Å²) < 4.78 is 0. The predicted molar refractivity (Wildman–Crippen MR) is 64.9 cm³/mol. The summed E-state index contributed by atoms with van der Waals surface area (Å²) in [5, 5.41) is 11.9. The van der Waals surface area contributed by atoms with E-state index in [1.807, 2.05) is 35.2 Å². The average molecular weight is 232 g/mol. The lowest BCUT2D eigenvalue weighted by atomic mass is 10.0. The summed E-state index contributed by atoms with van der Waals surface area (Å²) in [5.41, 5.74) is 1.76. The molecule has 0 aromatic heterocycles. The number of rotatable bonds is 3. The first-order valence-electron chi connectivity index (χ1n) is 5.71. The molecule has 90 valence electrons. The number of carbonyl (C=O) groups is 1. The minimum absolute atomic E-state index is 0.0520. The van der Waals surface area contributed by atoms with E-state index < -0.39 is 0 Å². The summed E-state index contributed by atoms with van der Waals surface area (Å²) in [6.45, 7) is 3.03. The summed E-state index contributed by atoms with van der Waals surface area (Å²) in [6.07, 6.45) is 0.447. The van der Waals surface area contributed by atoms with Crippen LogP contribution in [0.15, 0.2) is 35.5 Å². The monoisotopic (exact) mass is 232 g/mol. The van der Waals surface area contributed by atoms with Crippen molar-refractivity contribution in [1.29, 1.82) is 0 Å². The first-order chi connectivity index (χ1) is 8.20. The lowest BCUT2D eigenvalue weighted by molar-refractivity contribution is -0.128. The Hall–Kier alpha value is -1.84. The molecule has 4 nitrogen and oxygen atoms in total. The van der Waals surface area contributed by atoms with Crippen molar-refractivity contribution < 1.29 is 10.0 Å². The van der Waals surface area contributed by atoms with E-state index in [9.17, 15) is 4.79 Å². The third-order valence-electron chi connectivity index (χ3n) is 3.18. The molecule has 1 aromatic carbocycles. The molecule has 1 amide bonds. The predicted octanol–water partition coefficient (Wildman–Crippen LogP) is 1.89. The zero-order chi connectivity index (χ0) is 12.3. The van der Waals surface area contributed by atoms with Crippen LogP contribution in [0.1, 0.15) is 18.9 Å². The van der Waals surface area contributed by atoms with Crippen LogP contribution in [0.2, 0.25) is 0 Å². The highest BCUT2D eigenvalue weighted by molar-refractivity contribution is 5.91. The van der Waals surface area contributed by atoms with Crippen LogP contribution in [-0.4, -0.2) is 28.3 Å². The molecule has 0 spiro atoms. The van der Waals surface area contributed by atoms with Crippen LogP contribution >= 0.6 is 0 Å². The minimum Gasteiger partial charge on any atom is -0.411 e. The second kappa shape index (κ2) is 4.99. The van der Waals surface area contributed by atoms with Gasteiger partial charge in [-0.3, -0.25) is 4.79 Å². The van der Waals surface area contributed by atoms with Gasteiger partial charge in [-0.2, -0.15) is 0 Å². The molecular weight excluding hydrogens is 216 g/mol. The summed E-state index contributed by atoms with van der Waals surface area (Å²) >= 11 is 0. The molecule has 1 heterocycles. The normalized spacial score (nSPS) is 21.0. The number of nitrogens with zero attached hydrogens (tertiary/aromatic N) is 2. The van der Waals surface area contributed by atoms with Crippen LogP contribution in [0, 0.1) is 5.92 Å². The molecule has 0 radical (unpaired) electrons. The van der Waals surface area contributed by atoms with Crippen molar-refractivity contribution >= 4 is 11.6 Å². The maximum absolute atomic E-state index is 11.8. The van der Waals surface area contributed by atoms with Crippen molar-refractivity contribution in [2.45, 2.75) is 19.9 Å². The van der Waals surface area contributed by atoms with E-state index in [-0.39, 0.29) is 11.8 Å². The van der Waals surface area contributed by atoms with Gasteiger partial charge in [-0.05, 0) is 12.5 Å². The maximum atomic E-state index is 11.8. The molecule has 0 saturated carbocycles. The van der Waals surface area contributed by atoms with Gasteiger partial charge in [0.25, 0.3) is 0 Å². The van der Waals surface area contributed by atoms with Gasteiger partial charge in [-0.1, -0.05) is 35.5 Å². The van der Waals surface area contributed by atoms with Crippen LogP contribution < -0.4 is 0 Å². The standard InChI is InChI=1S/C13H16N2O2/c1-10(14-17)12-7-13(16)15(9-12)8-11-5-3-2-4-6-11/h2-6,12,17H,7-9H2,1H3/b14-10+. The topological polar surface area (TPSA) is 52.9 Å². The summed E-state index contributed by atoms with van der Waals surface area (Å²) in [4.78, 5) is 13.6. The molecule has 1 atom stereocenters. The highest BCUT2D eigenvalue weighted by Crippen LogP contribution is 2.21. The summed E-state index contributed by atoms with van der Waals surface area (Å²) in [5.74, 6) is 0.179. The number of amides is 1. The van der Waals surface area contributed by atoms with Crippen LogP contribution in [0.5, 0.6) is 0 Å². The Morgan fingerprint density at radius 2 is 2.18 bits per heavy atom. The fraction of sp³-hybridized carbons (Fsp3) is 0.385. The fourth-order valence-electron chi connectivity index (χ4n) is 2.09. The van der Waals surface area contributed by atoms with E-state index in [0.717, 1.165) is 5.56 Å². The van der Waals surface area contributed by atoms with Crippen molar-refractivity contribution in [2.24, 2.45) is 11.1 Å². The molecule has 1 aromatic rings. The first kappa shape index (κ1) is 11.6. The lowest BCUT2D eigenvalue weighted by Crippen LogP contribution is -2.25. The van der Waals surface area contributed by atoms with Crippen LogP contribution in [0.4, 0.5) is 0 Å². The molecule has 1 unspecified atom stereocenters. The highest BCUT2D eigenvalue weighted by Gasteiger charge is 2.31. The van der Waals surface area contributed by atoms with Crippen LogP contribution in [-0.2, 0) is 11.3 Å². The van der Waals surface area contributed by atoms with Crippen molar-refractivity contribution in [1.82, 2.24) is 4.90 Å². The Bertz CT molecular complexity index is 428. The minimum atomic E-state index is 0.0520. The Labute approximate surface area is 101 Å². The number of benzene rings is 1. The van der Waals surface area contributed by atoms with Gasteiger partial charge in [-0.25, -0.2) is 0 Å². The number of hydrogen-bond acceptors (Lipinski definition) is 3. The fourth-order valence-corrected chi connectivity index (χ4v) is 2.09. The van der Waals surface area contributed by atoms with Gasteiger partial charge in [0.1, 0.15) is 0 Å². The zero-order valence-electron chi connectivity index (χ0n) is 9.84.